The van der Waals surface area contributed by atoms with Crippen LogP contribution in [0.15, 0.2) is 42.5 Å². The molecule has 0 spiro atoms. The zero-order valence-electron chi connectivity index (χ0n) is 13.1. The Morgan fingerprint density at radius 3 is 2.08 bits per heavy atom. The van der Waals surface area contributed by atoms with E-state index in [0.29, 0.717) is 27.2 Å². The average Bonchev–Trinajstić information content (AvgIpc) is 2.47. The highest BCUT2D eigenvalue weighted by atomic mass is 35.5. The lowest BCUT2D eigenvalue weighted by Gasteiger charge is -2.15. The Balaban J connectivity index is 1.97. The summed E-state index contributed by atoms with van der Waals surface area (Å²) in [5, 5.41) is 6.20. The summed E-state index contributed by atoms with van der Waals surface area (Å²) < 4.78 is 5.58. The van der Waals surface area contributed by atoms with Crippen molar-refractivity contribution in [3.05, 3.63) is 52.5 Å². The predicted octanol–water partition coefficient (Wildman–Crippen LogP) is 4.36. The summed E-state index contributed by atoms with van der Waals surface area (Å²) in [6.45, 7) is 3.06. The van der Waals surface area contributed by atoms with Crippen LogP contribution >= 0.6 is 23.2 Å². The summed E-state index contributed by atoms with van der Waals surface area (Å²) in [5.41, 5.74) is 1.15. The Kier molecular flexibility index (Phi) is 6.06. The third-order valence-electron chi connectivity index (χ3n) is 2.99. The molecule has 0 saturated carbocycles. The van der Waals surface area contributed by atoms with Crippen molar-refractivity contribution in [2.75, 3.05) is 10.6 Å². The van der Waals surface area contributed by atoms with Crippen molar-refractivity contribution in [2.24, 2.45) is 0 Å². The quantitative estimate of drug-likeness (QED) is 0.825. The second kappa shape index (κ2) is 8.04. The zero-order chi connectivity index (χ0) is 17.7. The lowest BCUT2D eigenvalue weighted by atomic mass is 10.2. The third kappa shape index (κ3) is 5.44. The van der Waals surface area contributed by atoms with Gasteiger partial charge < -0.3 is 15.4 Å². The van der Waals surface area contributed by atoms with E-state index in [9.17, 15) is 9.59 Å². The van der Waals surface area contributed by atoms with E-state index in [1.165, 1.54) is 6.92 Å². The van der Waals surface area contributed by atoms with Crippen LogP contribution < -0.4 is 15.4 Å². The zero-order valence-corrected chi connectivity index (χ0v) is 14.6. The number of hydrogen-bond acceptors (Lipinski definition) is 3. The molecular formula is C17H16Cl2N2O3. The van der Waals surface area contributed by atoms with Gasteiger partial charge in [-0.05, 0) is 49.4 Å². The molecule has 0 aromatic heterocycles. The Bertz CT molecular complexity index is 728. The van der Waals surface area contributed by atoms with Crippen LogP contribution in [0, 0.1) is 0 Å². The number of benzene rings is 2. The Morgan fingerprint density at radius 1 is 0.958 bits per heavy atom. The fourth-order valence-electron chi connectivity index (χ4n) is 1.95. The maximum Gasteiger partial charge on any atom is 0.265 e. The van der Waals surface area contributed by atoms with Crippen LogP contribution in [0.5, 0.6) is 5.75 Å². The van der Waals surface area contributed by atoms with Gasteiger partial charge >= 0.3 is 0 Å². The minimum absolute atomic E-state index is 0.156. The highest BCUT2D eigenvalue weighted by Gasteiger charge is 2.15. The van der Waals surface area contributed by atoms with E-state index in [4.69, 9.17) is 27.9 Å². The van der Waals surface area contributed by atoms with Gasteiger partial charge in [0.2, 0.25) is 5.91 Å². The molecule has 2 N–H and O–H groups in total. The van der Waals surface area contributed by atoms with E-state index < -0.39 is 6.10 Å². The summed E-state index contributed by atoms with van der Waals surface area (Å²) in [6, 6.07) is 11.5. The third-order valence-corrected chi connectivity index (χ3v) is 3.42. The first-order valence-electron chi connectivity index (χ1n) is 7.15. The highest BCUT2D eigenvalue weighted by molar-refractivity contribution is 6.35. The lowest BCUT2D eigenvalue weighted by molar-refractivity contribution is -0.122. The molecule has 0 unspecified atom stereocenters. The Morgan fingerprint density at radius 2 is 1.54 bits per heavy atom. The van der Waals surface area contributed by atoms with Gasteiger partial charge in [-0.15, -0.1) is 0 Å². The molecule has 5 nitrogen and oxygen atoms in total. The smallest absolute Gasteiger partial charge is 0.265 e. The fraction of sp³-hybridized carbons (Fsp3) is 0.176. The fourth-order valence-corrected chi connectivity index (χ4v) is 2.47. The predicted molar refractivity (Wildman–Crippen MR) is 95.9 cm³/mol. The highest BCUT2D eigenvalue weighted by Crippen LogP contribution is 2.23. The summed E-state index contributed by atoms with van der Waals surface area (Å²) in [6.07, 6.45) is -0.727. The van der Waals surface area contributed by atoms with Crippen LogP contribution in [0.1, 0.15) is 13.8 Å². The standard InChI is InChI=1S/C17H16Cl2N2O3/c1-10(17(23)21-15-8-12(18)7-13(19)9-15)24-16-5-3-14(4-6-16)20-11(2)22/h3-10H,1-2H3,(H,20,22)(H,21,23)/t10-/m0/s1. The Hall–Kier alpha value is -2.24. The van der Waals surface area contributed by atoms with E-state index in [1.54, 1.807) is 49.4 Å². The average molecular weight is 367 g/mol. The molecule has 2 amide bonds. The number of hydrogen-bond donors (Lipinski definition) is 2. The molecule has 2 rings (SSSR count). The van der Waals surface area contributed by atoms with Crippen molar-refractivity contribution in [2.45, 2.75) is 20.0 Å². The van der Waals surface area contributed by atoms with Crippen molar-refractivity contribution in [1.82, 2.24) is 0 Å². The molecule has 2 aromatic rings. The van der Waals surface area contributed by atoms with Crippen LogP contribution in [-0.4, -0.2) is 17.9 Å². The van der Waals surface area contributed by atoms with E-state index in [2.05, 4.69) is 10.6 Å². The van der Waals surface area contributed by atoms with Gasteiger partial charge in [0.25, 0.3) is 5.91 Å². The number of carbonyl (C=O) groups excluding carboxylic acids is 2. The minimum Gasteiger partial charge on any atom is -0.481 e. The number of rotatable bonds is 5. The SMILES string of the molecule is CC(=O)Nc1ccc(O[C@@H](C)C(=O)Nc2cc(Cl)cc(Cl)c2)cc1. The first kappa shape index (κ1) is 18.1. The van der Waals surface area contributed by atoms with Crippen LogP contribution in [0.3, 0.4) is 0 Å². The molecule has 0 saturated heterocycles. The largest absolute Gasteiger partial charge is 0.481 e. The molecule has 0 aliphatic carbocycles. The number of carbonyl (C=O) groups is 2. The maximum absolute atomic E-state index is 12.2. The molecule has 0 aliphatic rings. The van der Waals surface area contributed by atoms with Crippen molar-refractivity contribution < 1.29 is 14.3 Å². The van der Waals surface area contributed by atoms with Gasteiger partial charge in [0.15, 0.2) is 6.10 Å². The summed E-state index contributed by atoms with van der Waals surface area (Å²) in [5.74, 6) is 0.0201. The van der Waals surface area contributed by atoms with Gasteiger partial charge in [-0.2, -0.15) is 0 Å². The van der Waals surface area contributed by atoms with E-state index in [-0.39, 0.29) is 11.8 Å². The summed E-state index contributed by atoms with van der Waals surface area (Å²) in [7, 11) is 0. The number of ether oxygens (including phenoxy) is 1. The minimum atomic E-state index is -0.727. The lowest BCUT2D eigenvalue weighted by Crippen LogP contribution is -2.30. The van der Waals surface area contributed by atoms with Crippen molar-refractivity contribution in [3.8, 4) is 5.75 Å². The van der Waals surface area contributed by atoms with E-state index >= 15 is 0 Å². The first-order chi connectivity index (χ1) is 11.3. The van der Waals surface area contributed by atoms with Crippen LogP contribution in [0.4, 0.5) is 11.4 Å². The summed E-state index contributed by atoms with van der Waals surface area (Å²) in [4.78, 5) is 23.1. The van der Waals surface area contributed by atoms with Gasteiger partial charge in [0, 0.05) is 28.3 Å². The number of nitrogens with one attached hydrogen (secondary N) is 2. The van der Waals surface area contributed by atoms with Crippen LogP contribution in [-0.2, 0) is 9.59 Å². The number of amides is 2. The van der Waals surface area contributed by atoms with Crippen molar-refractivity contribution in [1.29, 1.82) is 0 Å². The first-order valence-corrected chi connectivity index (χ1v) is 7.90. The Labute approximate surface area is 149 Å². The molecule has 126 valence electrons. The molecule has 7 heteroatoms. The molecule has 1 atom stereocenters. The van der Waals surface area contributed by atoms with Gasteiger partial charge in [-0.25, -0.2) is 0 Å². The maximum atomic E-state index is 12.2. The van der Waals surface area contributed by atoms with Gasteiger partial charge in [0.1, 0.15) is 5.75 Å². The molecular weight excluding hydrogens is 351 g/mol. The molecule has 0 fully saturated rings. The molecule has 2 aromatic carbocycles. The van der Waals surface area contributed by atoms with Crippen LogP contribution in [0.25, 0.3) is 0 Å². The van der Waals surface area contributed by atoms with Gasteiger partial charge in [-0.3, -0.25) is 9.59 Å². The molecule has 0 bridgehead atoms. The number of halogens is 2. The van der Waals surface area contributed by atoms with Crippen molar-refractivity contribution >= 4 is 46.4 Å². The molecule has 0 radical (unpaired) electrons. The normalized spacial score (nSPS) is 11.5. The van der Waals surface area contributed by atoms with Gasteiger partial charge in [-0.1, -0.05) is 23.2 Å². The molecule has 24 heavy (non-hydrogen) atoms. The van der Waals surface area contributed by atoms with Crippen LogP contribution in [0.2, 0.25) is 10.0 Å². The summed E-state index contributed by atoms with van der Waals surface area (Å²) >= 11 is 11.8. The molecule has 0 aliphatic heterocycles. The second-order valence-electron chi connectivity index (χ2n) is 5.11. The molecule has 0 heterocycles. The van der Waals surface area contributed by atoms with Crippen molar-refractivity contribution in [3.63, 3.8) is 0 Å². The number of anilines is 2. The van der Waals surface area contributed by atoms with E-state index in [0.717, 1.165) is 0 Å². The van der Waals surface area contributed by atoms with Gasteiger partial charge in [0.05, 0.1) is 0 Å². The second-order valence-corrected chi connectivity index (χ2v) is 5.99. The monoisotopic (exact) mass is 366 g/mol. The topological polar surface area (TPSA) is 67.4 Å². The van der Waals surface area contributed by atoms with E-state index in [1.807, 2.05) is 0 Å².